The maximum atomic E-state index is 13.5. The number of benzene rings is 2. The van der Waals surface area contributed by atoms with Crippen molar-refractivity contribution in [3.8, 4) is 11.5 Å². The van der Waals surface area contributed by atoms with Crippen LogP contribution in [0.3, 0.4) is 0 Å². The Kier molecular flexibility index (Phi) is 8.23. The molecular weight excluding hydrogens is 490 g/mol. The van der Waals surface area contributed by atoms with Crippen molar-refractivity contribution in [2.45, 2.75) is 123 Å². The number of rotatable bonds is 4. The lowest BCUT2D eigenvalue weighted by Gasteiger charge is -2.53. The van der Waals surface area contributed by atoms with Gasteiger partial charge in [0.25, 0.3) is 0 Å². The highest BCUT2D eigenvalue weighted by atomic mass is 16.6. The summed E-state index contributed by atoms with van der Waals surface area (Å²) in [6.45, 7) is 22.1. The van der Waals surface area contributed by atoms with Crippen molar-refractivity contribution < 1.29 is 24.2 Å². The van der Waals surface area contributed by atoms with Gasteiger partial charge in [0.1, 0.15) is 17.6 Å². The molecule has 1 heterocycles. The zero-order valence-electron chi connectivity index (χ0n) is 25.6. The monoisotopic (exact) mass is 537 g/mol. The fourth-order valence-corrected chi connectivity index (χ4v) is 5.85. The summed E-state index contributed by atoms with van der Waals surface area (Å²) in [7, 11) is 0. The Bertz CT molecular complexity index is 1150. The summed E-state index contributed by atoms with van der Waals surface area (Å²) in [5.74, 6) is -0.0374. The van der Waals surface area contributed by atoms with E-state index >= 15 is 0 Å². The van der Waals surface area contributed by atoms with Crippen LogP contribution in [0.4, 0.5) is 4.79 Å². The molecule has 1 aliphatic heterocycles. The SMILES string of the molecule is CC(C(=O)OC1CC(C)(C)N(C(=O)Oc2ccccc2)C(C)(C)C1)c1cc(C(C)(C)C)c(O)c(C(C)(C)C)c1. The van der Waals surface area contributed by atoms with Gasteiger partial charge in [0.2, 0.25) is 0 Å². The summed E-state index contributed by atoms with van der Waals surface area (Å²) in [6.07, 6.45) is 0.221. The number of piperidine rings is 1. The van der Waals surface area contributed by atoms with E-state index < -0.39 is 23.1 Å². The number of esters is 1. The van der Waals surface area contributed by atoms with E-state index in [1.807, 2.05) is 65.0 Å². The summed E-state index contributed by atoms with van der Waals surface area (Å²) >= 11 is 0. The highest BCUT2D eigenvalue weighted by molar-refractivity contribution is 5.78. The minimum Gasteiger partial charge on any atom is -0.507 e. The number of carbonyl (C=O) groups excluding carboxylic acids is 2. The van der Waals surface area contributed by atoms with Crippen molar-refractivity contribution in [1.29, 1.82) is 0 Å². The molecule has 0 bridgehead atoms. The first kappa shape index (κ1) is 30.5. The van der Waals surface area contributed by atoms with Crippen LogP contribution in [0.2, 0.25) is 0 Å². The lowest BCUT2D eigenvalue weighted by Crippen LogP contribution is -2.65. The summed E-state index contributed by atoms with van der Waals surface area (Å²) in [5, 5.41) is 11.1. The molecule has 0 spiro atoms. The molecule has 1 amide bonds. The third-order valence-electron chi connectivity index (χ3n) is 7.68. The van der Waals surface area contributed by atoms with Gasteiger partial charge in [0.15, 0.2) is 0 Å². The van der Waals surface area contributed by atoms with E-state index in [0.29, 0.717) is 18.6 Å². The lowest BCUT2D eigenvalue weighted by molar-refractivity contribution is -0.159. The third-order valence-corrected chi connectivity index (χ3v) is 7.68. The predicted molar refractivity (Wildman–Crippen MR) is 155 cm³/mol. The molecular formula is C33H47NO5. The number of carbonyl (C=O) groups is 2. The largest absolute Gasteiger partial charge is 0.507 e. The van der Waals surface area contributed by atoms with Crippen molar-refractivity contribution in [1.82, 2.24) is 4.90 Å². The predicted octanol–water partition coefficient (Wildman–Crippen LogP) is 7.85. The maximum absolute atomic E-state index is 13.5. The summed E-state index contributed by atoms with van der Waals surface area (Å²) in [4.78, 5) is 28.5. The van der Waals surface area contributed by atoms with Gasteiger partial charge in [-0.15, -0.1) is 0 Å². The van der Waals surface area contributed by atoms with E-state index in [9.17, 15) is 14.7 Å². The van der Waals surface area contributed by atoms with Crippen LogP contribution in [0.5, 0.6) is 11.5 Å². The van der Waals surface area contributed by atoms with Crippen LogP contribution in [0.1, 0.15) is 112 Å². The average molecular weight is 538 g/mol. The second-order valence-electron chi connectivity index (χ2n) is 14.3. The molecule has 1 saturated heterocycles. The van der Waals surface area contributed by atoms with Gasteiger partial charge < -0.3 is 14.6 Å². The first-order chi connectivity index (χ1) is 17.7. The molecule has 2 aromatic rings. The van der Waals surface area contributed by atoms with Gasteiger partial charge in [-0.25, -0.2) is 4.79 Å². The highest BCUT2D eigenvalue weighted by Gasteiger charge is 2.50. The minimum atomic E-state index is -0.598. The second kappa shape index (κ2) is 10.5. The number of hydrogen-bond donors (Lipinski definition) is 1. The van der Waals surface area contributed by atoms with E-state index in [-0.39, 0.29) is 28.7 Å². The van der Waals surface area contributed by atoms with Gasteiger partial charge in [0.05, 0.1) is 5.92 Å². The van der Waals surface area contributed by atoms with E-state index in [1.54, 1.807) is 17.0 Å². The fraction of sp³-hybridized carbons (Fsp3) is 0.576. The molecule has 1 N–H and O–H groups in total. The zero-order chi connectivity index (χ0) is 29.6. The number of ether oxygens (including phenoxy) is 2. The Morgan fingerprint density at radius 1 is 0.897 bits per heavy atom. The number of nitrogens with zero attached hydrogens (tertiary/aromatic N) is 1. The van der Waals surface area contributed by atoms with Crippen LogP contribution in [0.25, 0.3) is 0 Å². The Labute approximate surface area is 234 Å². The van der Waals surface area contributed by atoms with Crippen molar-refractivity contribution in [3.05, 3.63) is 59.2 Å². The number of hydrogen-bond acceptors (Lipinski definition) is 5. The standard InChI is InChI=1S/C33H47NO5/c1-21(22-17-25(30(2,3)4)27(35)26(18-22)31(5,6)7)28(36)38-24-19-32(8,9)34(33(10,11)20-24)29(37)39-23-15-13-12-14-16-23/h12-18,21,24,35H,19-20H2,1-11H3. The highest BCUT2D eigenvalue weighted by Crippen LogP contribution is 2.43. The topological polar surface area (TPSA) is 76.1 Å². The second-order valence-corrected chi connectivity index (χ2v) is 14.3. The zero-order valence-corrected chi connectivity index (χ0v) is 25.6. The molecule has 39 heavy (non-hydrogen) atoms. The number of aromatic hydroxyl groups is 1. The van der Waals surface area contributed by atoms with Crippen molar-refractivity contribution >= 4 is 12.1 Å². The molecule has 1 atom stereocenters. The molecule has 0 saturated carbocycles. The van der Waals surface area contributed by atoms with Crippen molar-refractivity contribution in [2.24, 2.45) is 0 Å². The molecule has 6 heteroatoms. The molecule has 0 radical (unpaired) electrons. The van der Waals surface area contributed by atoms with Gasteiger partial charge in [-0.1, -0.05) is 71.9 Å². The van der Waals surface area contributed by atoms with Gasteiger partial charge in [-0.2, -0.15) is 0 Å². The van der Waals surface area contributed by atoms with E-state index in [1.165, 1.54) is 0 Å². The van der Waals surface area contributed by atoms with Gasteiger partial charge in [0, 0.05) is 23.9 Å². The maximum Gasteiger partial charge on any atom is 0.416 e. The average Bonchev–Trinajstić information content (AvgIpc) is 2.76. The normalized spacial score (nSPS) is 18.4. The van der Waals surface area contributed by atoms with Crippen LogP contribution in [0.15, 0.2) is 42.5 Å². The molecule has 6 nitrogen and oxygen atoms in total. The number of phenolic OH excluding ortho intramolecular Hbond substituents is 1. The molecule has 1 aliphatic rings. The molecule has 214 valence electrons. The summed E-state index contributed by atoms with van der Waals surface area (Å²) in [6, 6.07) is 12.9. The fourth-order valence-electron chi connectivity index (χ4n) is 5.85. The lowest BCUT2D eigenvalue weighted by atomic mass is 9.77. The first-order valence-electron chi connectivity index (χ1n) is 13.9. The van der Waals surface area contributed by atoms with Crippen molar-refractivity contribution in [3.63, 3.8) is 0 Å². The molecule has 0 aromatic heterocycles. The number of likely N-dealkylation sites (tertiary alicyclic amines) is 1. The van der Waals surface area contributed by atoms with E-state index in [2.05, 4.69) is 41.5 Å². The van der Waals surface area contributed by atoms with Crippen LogP contribution in [-0.2, 0) is 20.4 Å². The molecule has 1 unspecified atom stereocenters. The smallest absolute Gasteiger partial charge is 0.416 e. The first-order valence-corrected chi connectivity index (χ1v) is 13.9. The van der Waals surface area contributed by atoms with Crippen LogP contribution in [0, 0.1) is 0 Å². The summed E-state index contributed by atoms with van der Waals surface area (Å²) in [5.41, 5.74) is 0.681. The Hall–Kier alpha value is -3.02. The number of para-hydroxylation sites is 1. The van der Waals surface area contributed by atoms with Gasteiger partial charge >= 0.3 is 12.1 Å². The van der Waals surface area contributed by atoms with E-state index in [4.69, 9.17) is 9.47 Å². The van der Waals surface area contributed by atoms with Crippen molar-refractivity contribution in [2.75, 3.05) is 0 Å². The summed E-state index contributed by atoms with van der Waals surface area (Å²) < 4.78 is 11.8. The third kappa shape index (κ3) is 6.77. The Balaban J connectivity index is 1.83. The van der Waals surface area contributed by atoms with Crippen LogP contribution in [-0.4, -0.2) is 39.3 Å². The molecule has 2 aromatic carbocycles. The Morgan fingerprint density at radius 3 is 1.79 bits per heavy atom. The quantitative estimate of drug-likeness (QED) is 0.402. The molecule has 3 rings (SSSR count). The van der Waals surface area contributed by atoms with Gasteiger partial charge in [-0.3, -0.25) is 9.69 Å². The molecule has 0 aliphatic carbocycles. The minimum absolute atomic E-state index is 0.289. The van der Waals surface area contributed by atoms with E-state index in [0.717, 1.165) is 16.7 Å². The number of amides is 1. The molecule has 1 fully saturated rings. The number of phenols is 1. The van der Waals surface area contributed by atoms with Crippen LogP contribution < -0.4 is 4.74 Å². The Morgan fingerprint density at radius 2 is 1.36 bits per heavy atom. The van der Waals surface area contributed by atoms with Gasteiger partial charge in [-0.05, 0) is 74.3 Å². The van der Waals surface area contributed by atoms with Crippen LogP contribution >= 0.6 is 0 Å².